The van der Waals surface area contributed by atoms with Crippen molar-refractivity contribution in [2.45, 2.75) is 49.0 Å². The Labute approximate surface area is 145 Å². The number of H-pyrrole nitrogens is 1. The topological polar surface area (TPSA) is 195 Å². The van der Waals surface area contributed by atoms with E-state index in [0.29, 0.717) is 0 Å². The molecule has 0 radical (unpaired) electrons. The molecule has 12 nitrogen and oxygen atoms in total. The van der Waals surface area contributed by atoms with Gasteiger partial charge < -0.3 is 40.1 Å². The highest BCUT2D eigenvalue weighted by molar-refractivity contribution is 5.15. The molecule has 26 heavy (non-hydrogen) atoms. The van der Waals surface area contributed by atoms with E-state index in [9.17, 15) is 30.0 Å². The molecule has 1 aromatic heterocycles. The molecule has 0 saturated carbocycles. The Bertz CT molecular complexity index is 704. The average Bonchev–Trinajstić information content (AvgIpc) is 3.06. The standard InChI is InChI=1S/C14H20N2O10/c17-2-5-7(19)9(21)11(25-5)4-1-16(14(24)15-12(4)23)13-10(22)8(20)6(3-18)26-13/h1,5-11,13,17-22H,2-3H2,(H,15,23,24)/t5-,6-,7-,8-,9-,10-,11?,13-/m1/s1. The van der Waals surface area contributed by atoms with Gasteiger partial charge >= 0.3 is 5.69 Å². The molecule has 3 heterocycles. The van der Waals surface area contributed by atoms with E-state index in [1.165, 1.54) is 0 Å². The van der Waals surface area contributed by atoms with Crippen molar-refractivity contribution in [3.8, 4) is 0 Å². The van der Waals surface area contributed by atoms with E-state index in [4.69, 9.17) is 19.7 Å². The second kappa shape index (κ2) is 7.17. The minimum absolute atomic E-state index is 0.246. The quantitative estimate of drug-likeness (QED) is 0.268. The van der Waals surface area contributed by atoms with Crippen LogP contribution in [0.2, 0.25) is 0 Å². The lowest BCUT2D eigenvalue weighted by atomic mass is 10.0. The summed E-state index contributed by atoms with van der Waals surface area (Å²) in [4.78, 5) is 26.2. The Morgan fingerprint density at radius 3 is 2.04 bits per heavy atom. The van der Waals surface area contributed by atoms with Crippen molar-refractivity contribution in [1.82, 2.24) is 9.55 Å². The van der Waals surface area contributed by atoms with Crippen LogP contribution in [-0.4, -0.2) is 90.0 Å². The number of nitrogens with zero attached hydrogens (tertiary/aromatic N) is 1. The van der Waals surface area contributed by atoms with Gasteiger partial charge in [0, 0.05) is 6.20 Å². The lowest BCUT2D eigenvalue weighted by molar-refractivity contribution is -0.0561. The van der Waals surface area contributed by atoms with Gasteiger partial charge in [-0.1, -0.05) is 0 Å². The highest BCUT2D eigenvalue weighted by Crippen LogP contribution is 2.33. The van der Waals surface area contributed by atoms with Crippen LogP contribution in [0.25, 0.3) is 0 Å². The van der Waals surface area contributed by atoms with Crippen LogP contribution >= 0.6 is 0 Å². The number of aliphatic hydroxyl groups excluding tert-OH is 6. The molecule has 3 rings (SSSR count). The van der Waals surface area contributed by atoms with Gasteiger partial charge in [0.05, 0.1) is 18.8 Å². The van der Waals surface area contributed by atoms with Crippen LogP contribution < -0.4 is 11.2 Å². The predicted octanol–water partition coefficient (Wildman–Crippen LogP) is -4.70. The highest BCUT2D eigenvalue weighted by atomic mass is 16.6. The maximum atomic E-state index is 12.1. The van der Waals surface area contributed by atoms with Gasteiger partial charge in [0.1, 0.15) is 42.7 Å². The number of ether oxygens (including phenoxy) is 2. The Morgan fingerprint density at radius 1 is 0.923 bits per heavy atom. The van der Waals surface area contributed by atoms with E-state index in [-0.39, 0.29) is 5.56 Å². The van der Waals surface area contributed by atoms with Crippen LogP contribution in [0.3, 0.4) is 0 Å². The van der Waals surface area contributed by atoms with Crippen LogP contribution in [0, 0.1) is 0 Å². The summed E-state index contributed by atoms with van der Waals surface area (Å²) in [5.41, 5.74) is -2.10. The van der Waals surface area contributed by atoms with Gasteiger partial charge in [0.15, 0.2) is 6.23 Å². The fourth-order valence-corrected chi connectivity index (χ4v) is 3.16. The first-order valence-electron chi connectivity index (χ1n) is 7.90. The molecule has 1 aromatic rings. The summed E-state index contributed by atoms with van der Waals surface area (Å²) in [6.45, 7) is -1.20. The van der Waals surface area contributed by atoms with Crippen LogP contribution in [0.5, 0.6) is 0 Å². The molecule has 0 spiro atoms. The molecular weight excluding hydrogens is 356 g/mol. The number of nitrogens with one attached hydrogen (secondary N) is 1. The molecule has 0 aromatic carbocycles. The minimum atomic E-state index is -1.56. The monoisotopic (exact) mass is 376 g/mol. The van der Waals surface area contributed by atoms with Crippen molar-refractivity contribution in [3.05, 3.63) is 32.6 Å². The van der Waals surface area contributed by atoms with Crippen LogP contribution in [0.4, 0.5) is 0 Å². The van der Waals surface area contributed by atoms with Gasteiger partial charge in [-0.05, 0) is 0 Å². The van der Waals surface area contributed by atoms with E-state index in [1.54, 1.807) is 0 Å². The third-order valence-corrected chi connectivity index (χ3v) is 4.64. The molecule has 2 saturated heterocycles. The summed E-state index contributed by atoms with van der Waals surface area (Å²) in [5.74, 6) is 0. The van der Waals surface area contributed by atoms with Gasteiger partial charge in [0.2, 0.25) is 0 Å². The summed E-state index contributed by atoms with van der Waals surface area (Å²) in [6.07, 6.45) is -10.0. The summed E-state index contributed by atoms with van der Waals surface area (Å²) in [7, 11) is 0. The number of aromatic amines is 1. The first kappa shape index (κ1) is 19.1. The first-order chi connectivity index (χ1) is 12.3. The molecule has 7 N–H and O–H groups in total. The van der Waals surface area contributed by atoms with Crippen LogP contribution in [0.15, 0.2) is 15.8 Å². The minimum Gasteiger partial charge on any atom is -0.394 e. The molecule has 1 unspecified atom stereocenters. The van der Waals surface area contributed by atoms with E-state index >= 15 is 0 Å². The van der Waals surface area contributed by atoms with Gasteiger partial charge in [0.25, 0.3) is 5.56 Å². The van der Waals surface area contributed by atoms with E-state index in [2.05, 4.69) is 0 Å². The maximum absolute atomic E-state index is 12.1. The fraction of sp³-hybridized carbons (Fsp3) is 0.714. The number of rotatable bonds is 4. The normalized spacial score (nSPS) is 40.2. The molecule has 2 aliphatic rings. The summed E-state index contributed by atoms with van der Waals surface area (Å²) in [5, 5.41) is 58.0. The zero-order valence-electron chi connectivity index (χ0n) is 13.4. The number of hydrogen-bond acceptors (Lipinski definition) is 10. The van der Waals surface area contributed by atoms with Crippen molar-refractivity contribution in [2.75, 3.05) is 13.2 Å². The summed E-state index contributed by atoms with van der Waals surface area (Å²) < 4.78 is 11.3. The van der Waals surface area contributed by atoms with Crippen molar-refractivity contribution in [2.24, 2.45) is 0 Å². The Kier molecular flexibility index (Phi) is 5.28. The average molecular weight is 376 g/mol. The zero-order valence-corrected chi connectivity index (χ0v) is 13.4. The molecule has 2 aliphatic heterocycles. The Morgan fingerprint density at radius 2 is 1.50 bits per heavy atom. The molecule has 0 bridgehead atoms. The van der Waals surface area contributed by atoms with Crippen molar-refractivity contribution in [3.63, 3.8) is 0 Å². The lowest BCUT2D eigenvalue weighted by Crippen LogP contribution is -2.40. The first-order valence-corrected chi connectivity index (χ1v) is 7.90. The molecule has 146 valence electrons. The smallest absolute Gasteiger partial charge is 0.330 e. The predicted molar refractivity (Wildman–Crippen MR) is 81.0 cm³/mol. The number of aromatic nitrogens is 2. The fourth-order valence-electron chi connectivity index (χ4n) is 3.16. The van der Waals surface area contributed by atoms with Crippen LogP contribution in [0.1, 0.15) is 17.9 Å². The highest BCUT2D eigenvalue weighted by Gasteiger charge is 2.46. The summed E-state index contributed by atoms with van der Waals surface area (Å²) in [6, 6.07) is 0. The van der Waals surface area contributed by atoms with Gasteiger partial charge in [-0.25, -0.2) is 4.79 Å². The van der Waals surface area contributed by atoms with Gasteiger partial charge in [-0.2, -0.15) is 0 Å². The van der Waals surface area contributed by atoms with Crippen molar-refractivity contribution in [1.29, 1.82) is 0 Å². The van der Waals surface area contributed by atoms with E-state index in [1.807, 2.05) is 4.98 Å². The Hall–Kier alpha value is -1.64. The van der Waals surface area contributed by atoms with Gasteiger partial charge in [-0.15, -0.1) is 0 Å². The third-order valence-electron chi connectivity index (χ3n) is 4.64. The third kappa shape index (κ3) is 3.00. The molecule has 0 amide bonds. The SMILES string of the molecule is O=c1[nH]c(=O)n([C@@H]2O[C@H](CO)[C@@H](O)[C@H]2O)cc1C1O[C@H](CO)[C@@H](O)[C@H]1O. The molecule has 0 aliphatic carbocycles. The second-order valence-electron chi connectivity index (χ2n) is 6.24. The zero-order chi connectivity index (χ0) is 19.2. The van der Waals surface area contributed by atoms with E-state index < -0.39 is 73.4 Å². The second-order valence-corrected chi connectivity index (χ2v) is 6.24. The van der Waals surface area contributed by atoms with E-state index in [0.717, 1.165) is 10.8 Å². The summed E-state index contributed by atoms with van der Waals surface area (Å²) >= 11 is 0. The molecule has 2 fully saturated rings. The number of aliphatic hydroxyl groups is 6. The lowest BCUT2D eigenvalue weighted by Gasteiger charge is -2.20. The largest absolute Gasteiger partial charge is 0.394 e. The molecular formula is C14H20N2O10. The Balaban J connectivity index is 1.99. The van der Waals surface area contributed by atoms with Gasteiger partial charge in [-0.3, -0.25) is 14.3 Å². The maximum Gasteiger partial charge on any atom is 0.330 e. The van der Waals surface area contributed by atoms with Crippen LogP contribution in [-0.2, 0) is 9.47 Å². The van der Waals surface area contributed by atoms with Crippen molar-refractivity contribution >= 4 is 0 Å². The molecule has 12 heteroatoms. The molecule has 8 atom stereocenters. The number of hydrogen-bond donors (Lipinski definition) is 7. The van der Waals surface area contributed by atoms with Crippen molar-refractivity contribution < 1.29 is 40.1 Å².